The van der Waals surface area contributed by atoms with Crippen molar-refractivity contribution in [3.05, 3.63) is 119 Å². The number of hydrogen-bond acceptors (Lipinski definition) is 11. The zero-order chi connectivity index (χ0) is 36.4. The van der Waals surface area contributed by atoms with Crippen LogP contribution in [0.5, 0.6) is 0 Å². The van der Waals surface area contributed by atoms with Crippen LogP contribution < -0.4 is 15.3 Å². The minimum Gasteiger partial charge on any atom is -0.549 e. The van der Waals surface area contributed by atoms with Gasteiger partial charge in [-0.1, -0.05) is 84.9 Å². The topological polar surface area (TPSA) is 150 Å². The molecular formula is C41H39LaN4O7. The summed E-state index contributed by atoms with van der Waals surface area (Å²) < 4.78 is 0. The zero-order valence-electron chi connectivity index (χ0n) is 29.4. The molecule has 12 heteroatoms. The number of Topliss-reactive ketones (excluding diaryl/α,β-unsaturated/α-hetero) is 1. The van der Waals surface area contributed by atoms with Gasteiger partial charge >= 0.3 is 35.6 Å². The number of nitrogens with zero attached hydrogens (tertiary/aromatic N) is 4. The molecule has 0 bridgehead atoms. The first kappa shape index (κ1) is 38.7. The summed E-state index contributed by atoms with van der Waals surface area (Å²) in [5.74, 6) is -3.91. The van der Waals surface area contributed by atoms with Crippen molar-refractivity contribution in [3.8, 4) is 22.3 Å². The SMILES string of the molecule is O=C([O-])CN1CCN(CC(=O)[O-])CCN(CC(=O)c2ccc3c(c2)C2(c4ccccc4-c4ccccc42)c2ccccc2-3)CCN(CC(=O)[O-])CC1.[La+3]. The van der Waals surface area contributed by atoms with Crippen LogP contribution in [0.4, 0.5) is 0 Å². The Bertz CT molecular complexity index is 1940. The molecule has 1 saturated heterocycles. The van der Waals surface area contributed by atoms with E-state index in [1.165, 1.54) is 27.8 Å². The third kappa shape index (κ3) is 7.81. The fraction of sp³-hybridized carbons (Fsp3) is 0.317. The number of benzene rings is 4. The average molecular weight is 839 g/mol. The molecule has 2 aliphatic carbocycles. The molecule has 1 fully saturated rings. The van der Waals surface area contributed by atoms with Crippen LogP contribution >= 0.6 is 0 Å². The molecule has 7 rings (SSSR count). The van der Waals surface area contributed by atoms with Crippen molar-refractivity contribution in [1.29, 1.82) is 0 Å². The Kier molecular flexibility index (Phi) is 12.1. The standard InChI is InChI=1S/C41H42N4O7.La/c46-37(24-42-15-17-43(25-38(47)48)19-21-45(27-40(51)52)22-20-44(18-16-42)26-39(49)50)28-13-14-32-31-9-3-6-12-35(31)41(36(32)23-28)33-10-4-1-7-29(33)30-8-2-5-11-34(30)41;/h1-14,23H,15-22,24-27H2,(H,47,48)(H,49,50)(H,51,52);/q;+3/p-3. The van der Waals surface area contributed by atoms with Crippen LogP contribution in [0, 0.1) is 35.6 Å². The maximum absolute atomic E-state index is 14.3. The van der Waals surface area contributed by atoms with E-state index in [9.17, 15) is 34.5 Å². The molecule has 4 aromatic carbocycles. The van der Waals surface area contributed by atoms with Gasteiger partial charge in [0, 0.05) is 77.6 Å². The molecule has 0 unspecified atom stereocenters. The molecule has 268 valence electrons. The smallest absolute Gasteiger partial charge is 0.549 e. The fourth-order valence-corrected chi connectivity index (χ4v) is 8.32. The number of hydrogen-bond donors (Lipinski definition) is 0. The summed E-state index contributed by atoms with van der Waals surface area (Å²) in [4.78, 5) is 55.8. The summed E-state index contributed by atoms with van der Waals surface area (Å²) in [5.41, 5.74) is 9.08. The molecule has 0 N–H and O–H groups in total. The third-order valence-electron chi connectivity index (χ3n) is 10.7. The zero-order valence-corrected chi connectivity index (χ0v) is 33.0. The van der Waals surface area contributed by atoms with Crippen LogP contribution in [-0.4, -0.2) is 122 Å². The van der Waals surface area contributed by atoms with E-state index in [0.29, 0.717) is 18.7 Å². The van der Waals surface area contributed by atoms with Crippen molar-refractivity contribution in [2.45, 2.75) is 5.41 Å². The number of fused-ring (bicyclic) bond motifs is 10. The maximum Gasteiger partial charge on any atom is 3.00 e. The van der Waals surface area contributed by atoms with E-state index in [4.69, 9.17) is 0 Å². The van der Waals surface area contributed by atoms with E-state index in [1.54, 1.807) is 14.7 Å². The largest absolute Gasteiger partial charge is 3.00 e. The summed E-state index contributed by atoms with van der Waals surface area (Å²) in [5, 5.41) is 34.6. The van der Waals surface area contributed by atoms with Gasteiger partial charge in [-0.2, -0.15) is 0 Å². The van der Waals surface area contributed by atoms with E-state index in [2.05, 4.69) is 66.7 Å². The Balaban J connectivity index is 0.00000481. The van der Waals surface area contributed by atoms with Crippen LogP contribution in [0.3, 0.4) is 0 Å². The predicted molar refractivity (Wildman–Crippen MR) is 188 cm³/mol. The number of carbonyl (C=O) groups is 4. The molecule has 0 radical (unpaired) electrons. The van der Waals surface area contributed by atoms with Crippen molar-refractivity contribution in [2.24, 2.45) is 0 Å². The van der Waals surface area contributed by atoms with Gasteiger partial charge in [-0.15, -0.1) is 0 Å². The van der Waals surface area contributed by atoms with Gasteiger partial charge in [0.1, 0.15) is 0 Å². The third-order valence-corrected chi connectivity index (χ3v) is 10.7. The quantitative estimate of drug-likeness (QED) is 0.177. The normalized spacial score (nSPS) is 17.4. The summed E-state index contributed by atoms with van der Waals surface area (Å²) in [6.07, 6.45) is 0. The van der Waals surface area contributed by atoms with Crippen molar-refractivity contribution < 1.29 is 70.1 Å². The van der Waals surface area contributed by atoms with Crippen LogP contribution in [0.2, 0.25) is 0 Å². The van der Waals surface area contributed by atoms with Gasteiger partial charge in [0.2, 0.25) is 0 Å². The summed E-state index contributed by atoms with van der Waals surface area (Å²) in [6.45, 7) is 1.07. The first-order valence-corrected chi connectivity index (χ1v) is 17.6. The first-order chi connectivity index (χ1) is 25.1. The van der Waals surface area contributed by atoms with Gasteiger partial charge < -0.3 is 29.7 Å². The van der Waals surface area contributed by atoms with Gasteiger partial charge in [-0.3, -0.25) is 24.4 Å². The summed E-state index contributed by atoms with van der Waals surface area (Å²) >= 11 is 0. The molecular weight excluding hydrogens is 799 g/mol. The second-order valence-corrected chi connectivity index (χ2v) is 13.8. The second kappa shape index (κ2) is 16.6. The summed E-state index contributed by atoms with van der Waals surface area (Å²) in [7, 11) is 0. The van der Waals surface area contributed by atoms with Crippen molar-refractivity contribution in [2.75, 3.05) is 78.5 Å². The van der Waals surface area contributed by atoms with E-state index in [0.717, 1.165) is 16.7 Å². The van der Waals surface area contributed by atoms with Crippen LogP contribution in [0.1, 0.15) is 32.6 Å². The van der Waals surface area contributed by atoms with E-state index < -0.39 is 23.3 Å². The maximum atomic E-state index is 14.3. The van der Waals surface area contributed by atoms with Crippen LogP contribution in [0.25, 0.3) is 22.3 Å². The molecule has 4 aromatic rings. The Labute approximate surface area is 336 Å². The second-order valence-electron chi connectivity index (χ2n) is 13.8. The molecule has 0 atom stereocenters. The molecule has 0 amide bonds. The van der Waals surface area contributed by atoms with Gasteiger partial charge in [-0.25, -0.2) is 0 Å². The molecule has 1 aliphatic heterocycles. The summed E-state index contributed by atoms with van der Waals surface area (Å²) in [6, 6.07) is 31.3. The molecule has 1 heterocycles. The minimum absolute atomic E-state index is 0. The molecule has 0 aromatic heterocycles. The molecule has 3 aliphatic rings. The van der Waals surface area contributed by atoms with E-state index in [1.807, 2.05) is 29.2 Å². The first-order valence-electron chi connectivity index (χ1n) is 17.6. The van der Waals surface area contributed by atoms with Gasteiger partial charge in [0.15, 0.2) is 5.78 Å². The van der Waals surface area contributed by atoms with Gasteiger partial charge in [0.25, 0.3) is 0 Å². The Morgan fingerprint density at radius 2 is 0.774 bits per heavy atom. The number of carboxylic acid groups (broad SMARTS) is 3. The Morgan fingerprint density at radius 1 is 0.453 bits per heavy atom. The van der Waals surface area contributed by atoms with Crippen molar-refractivity contribution in [3.63, 3.8) is 0 Å². The minimum atomic E-state index is -1.28. The number of carboxylic acids is 3. The van der Waals surface area contributed by atoms with Crippen LogP contribution in [-0.2, 0) is 19.8 Å². The average Bonchev–Trinajstić information content (AvgIpc) is 3.59. The molecule has 11 nitrogen and oxygen atoms in total. The van der Waals surface area contributed by atoms with E-state index >= 15 is 0 Å². The fourth-order valence-electron chi connectivity index (χ4n) is 8.32. The number of carbonyl (C=O) groups excluding carboxylic acids is 4. The Morgan fingerprint density at radius 3 is 1.13 bits per heavy atom. The van der Waals surface area contributed by atoms with E-state index in [-0.39, 0.29) is 107 Å². The molecule has 1 spiro atoms. The van der Waals surface area contributed by atoms with Gasteiger partial charge in [-0.05, 0) is 50.6 Å². The van der Waals surface area contributed by atoms with Crippen molar-refractivity contribution >= 4 is 23.7 Å². The molecule has 0 saturated carbocycles. The number of rotatable bonds is 9. The number of aliphatic carboxylic acids is 3. The van der Waals surface area contributed by atoms with Crippen molar-refractivity contribution in [1.82, 2.24) is 19.6 Å². The predicted octanol–water partition coefficient (Wildman–Crippen LogP) is -0.316. The monoisotopic (exact) mass is 838 g/mol. The van der Waals surface area contributed by atoms with Gasteiger partial charge in [0.05, 0.1) is 29.9 Å². The number of ketones is 1. The van der Waals surface area contributed by atoms with Crippen LogP contribution in [0.15, 0.2) is 91.0 Å². The molecule has 53 heavy (non-hydrogen) atoms. The Hall–Kier alpha value is -4.01.